The summed E-state index contributed by atoms with van der Waals surface area (Å²) in [5, 5.41) is -0.254. The SMILES string of the molecule is CCCP(=O)(OC(C)(C)C)C(C)(C)C. The highest BCUT2D eigenvalue weighted by Gasteiger charge is 2.39. The van der Waals surface area contributed by atoms with Crippen LogP contribution in [0.5, 0.6) is 0 Å². The first-order valence-electron chi connectivity index (χ1n) is 5.32. The minimum Gasteiger partial charge on any atom is -0.322 e. The van der Waals surface area contributed by atoms with Crippen LogP contribution in [-0.4, -0.2) is 16.9 Å². The van der Waals surface area contributed by atoms with Gasteiger partial charge in [-0.2, -0.15) is 0 Å². The molecule has 3 heteroatoms. The van der Waals surface area contributed by atoms with E-state index in [0.29, 0.717) is 6.16 Å². The first-order valence-corrected chi connectivity index (χ1v) is 7.13. The Kier molecular flexibility index (Phi) is 4.42. The van der Waals surface area contributed by atoms with Gasteiger partial charge in [-0.1, -0.05) is 27.7 Å². The second-order valence-electron chi connectivity index (χ2n) is 5.77. The Morgan fingerprint density at radius 1 is 1.07 bits per heavy atom. The van der Waals surface area contributed by atoms with Gasteiger partial charge < -0.3 is 4.52 Å². The van der Waals surface area contributed by atoms with Crippen LogP contribution in [0, 0.1) is 0 Å². The molecule has 2 nitrogen and oxygen atoms in total. The summed E-state index contributed by atoms with van der Waals surface area (Å²) in [5.74, 6) is 0. The van der Waals surface area contributed by atoms with Crippen molar-refractivity contribution in [2.24, 2.45) is 0 Å². The van der Waals surface area contributed by atoms with Crippen molar-refractivity contribution in [1.29, 1.82) is 0 Å². The van der Waals surface area contributed by atoms with Crippen LogP contribution in [0.25, 0.3) is 0 Å². The van der Waals surface area contributed by atoms with E-state index < -0.39 is 7.37 Å². The van der Waals surface area contributed by atoms with E-state index in [1.165, 1.54) is 0 Å². The number of hydrogen-bond acceptors (Lipinski definition) is 2. The van der Waals surface area contributed by atoms with E-state index in [1.54, 1.807) is 0 Å². The molecule has 0 N–H and O–H groups in total. The Balaban J connectivity index is 4.85. The molecule has 0 aromatic heterocycles. The van der Waals surface area contributed by atoms with Gasteiger partial charge in [0.15, 0.2) is 0 Å². The Bertz CT molecular complexity index is 220. The lowest BCUT2D eigenvalue weighted by atomic mass is 10.2. The van der Waals surface area contributed by atoms with Crippen molar-refractivity contribution in [3.8, 4) is 0 Å². The summed E-state index contributed by atoms with van der Waals surface area (Å²) in [6.07, 6.45) is 1.58. The Hall–Kier alpha value is 0.190. The average Bonchev–Trinajstić information content (AvgIpc) is 1.79. The quantitative estimate of drug-likeness (QED) is 0.663. The third kappa shape index (κ3) is 4.14. The van der Waals surface area contributed by atoms with Crippen LogP contribution in [0.15, 0.2) is 0 Å². The third-order valence-electron chi connectivity index (χ3n) is 1.96. The summed E-state index contributed by atoms with van der Waals surface area (Å²) in [6.45, 7) is 13.9. The summed E-state index contributed by atoms with van der Waals surface area (Å²) in [5.41, 5.74) is -0.321. The van der Waals surface area contributed by atoms with Crippen molar-refractivity contribution >= 4 is 7.37 Å². The smallest absolute Gasteiger partial charge is 0.208 e. The molecule has 1 atom stereocenters. The summed E-state index contributed by atoms with van der Waals surface area (Å²) in [7, 11) is -2.52. The van der Waals surface area contributed by atoms with Gasteiger partial charge >= 0.3 is 0 Å². The van der Waals surface area contributed by atoms with Crippen molar-refractivity contribution in [3.63, 3.8) is 0 Å². The molecule has 0 aromatic rings. The van der Waals surface area contributed by atoms with Crippen LogP contribution < -0.4 is 0 Å². The van der Waals surface area contributed by atoms with Gasteiger partial charge in [0.05, 0.1) is 5.60 Å². The molecule has 0 saturated carbocycles. The standard InChI is InChI=1S/C11H25O2P/c1-8-9-14(12,11(5,6)7)13-10(2,3)4/h8-9H2,1-7H3. The lowest BCUT2D eigenvalue weighted by molar-refractivity contribution is 0.128. The predicted molar refractivity (Wildman–Crippen MR) is 63.4 cm³/mol. The van der Waals surface area contributed by atoms with Crippen molar-refractivity contribution in [2.75, 3.05) is 6.16 Å². The largest absolute Gasteiger partial charge is 0.322 e. The fourth-order valence-electron chi connectivity index (χ4n) is 1.25. The summed E-state index contributed by atoms with van der Waals surface area (Å²) in [4.78, 5) is 0. The molecule has 0 bridgehead atoms. The van der Waals surface area contributed by atoms with Gasteiger partial charge in [-0.25, -0.2) is 0 Å². The Morgan fingerprint density at radius 2 is 1.50 bits per heavy atom. The molecule has 14 heavy (non-hydrogen) atoms. The van der Waals surface area contributed by atoms with Crippen LogP contribution in [0.4, 0.5) is 0 Å². The predicted octanol–water partition coefficient (Wildman–Crippen LogP) is 4.29. The van der Waals surface area contributed by atoms with Gasteiger partial charge in [-0.15, -0.1) is 0 Å². The first kappa shape index (κ1) is 14.2. The van der Waals surface area contributed by atoms with Crippen molar-refractivity contribution in [3.05, 3.63) is 0 Å². The van der Waals surface area contributed by atoms with Gasteiger partial charge in [-0.05, 0) is 27.2 Å². The van der Waals surface area contributed by atoms with E-state index in [1.807, 2.05) is 48.5 Å². The lowest BCUT2D eigenvalue weighted by Crippen LogP contribution is -2.26. The average molecular weight is 220 g/mol. The van der Waals surface area contributed by atoms with Gasteiger partial charge in [0.2, 0.25) is 7.37 Å². The molecule has 0 rings (SSSR count). The van der Waals surface area contributed by atoms with Gasteiger partial charge in [0.1, 0.15) is 0 Å². The summed E-state index contributed by atoms with van der Waals surface area (Å²) >= 11 is 0. The minimum atomic E-state index is -2.52. The molecule has 0 saturated heterocycles. The van der Waals surface area contributed by atoms with Crippen molar-refractivity contribution < 1.29 is 9.09 Å². The first-order chi connectivity index (χ1) is 6.02. The molecule has 0 amide bonds. The van der Waals surface area contributed by atoms with E-state index in [4.69, 9.17) is 4.52 Å². The van der Waals surface area contributed by atoms with Crippen LogP contribution in [-0.2, 0) is 9.09 Å². The molecule has 0 radical (unpaired) electrons. The van der Waals surface area contributed by atoms with Crippen molar-refractivity contribution in [1.82, 2.24) is 0 Å². The highest BCUT2D eigenvalue weighted by molar-refractivity contribution is 7.60. The fourth-order valence-corrected chi connectivity index (χ4v) is 3.76. The maximum atomic E-state index is 12.6. The third-order valence-corrected chi connectivity index (χ3v) is 5.88. The van der Waals surface area contributed by atoms with Crippen molar-refractivity contribution in [2.45, 2.75) is 65.6 Å². The van der Waals surface area contributed by atoms with E-state index >= 15 is 0 Å². The molecule has 0 fully saturated rings. The molecule has 0 aliphatic heterocycles. The molecule has 86 valence electrons. The molecule has 0 aromatic carbocycles. The number of hydrogen-bond donors (Lipinski definition) is 0. The highest BCUT2D eigenvalue weighted by atomic mass is 31.2. The van der Waals surface area contributed by atoms with Crippen LogP contribution in [0.3, 0.4) is 0 Å². The summed E-state index contributed by atoms with van der Waals surface area (Å²) < 4.78 is 18.4. The molecule has 0 spiro atoms. The minimum absolute atomic E-state index is 0.254. The maximum Gasteiger partial charge on any atom is 0.208 e. The lowest BCUT2D eigenvalue weighted by Gasteiger charge is -2.36. The molecular weight excluding hydrogens is 195 g/mol. The molecule has 0 aliphatic carbocycles. The highest BCUT2D eigenvalue weighted by Crippen LogP contribution is 2.61. The maximum absolute atomic E-state index is 12.6. The van der Waals surface area contributed by atoms with E-state index in [0.717, 1.165) is 6.42 Å². The van der Waals surface area contributed by atoms with Crippen LogP contribution >= 0.6 is 7.37 Å². The topological polar surface area (TPSA) is 26.3 Å². The second kappa shape index (κ2) is 4.37. The van der Waals surface area contributed by atoms with Crippen LogP contribution in [0.1, 0.15) is 54.9 Å². The zero-order valence-corrected chi connectivity index (χ0v) is 11.6. The molecular formula is C11H25O2P. The number of rotatable bonds is 3. The van der Waals surface area contributed by atoms with Gasteiger partial charge in [0.25, 0.3) is 0 Å². The van der Waals surface area contributed by atoms with Gasteiger partial charge in [0, 0.05) is 11.3 Å². The molecule has 1 unspecified atom stereocenters. The van der Waals surface area contributed by atoms with Gasteiger partial charge in [-0.3, -0.25) is 4.57 Å². The van der Waals surface area contributed by atoms with Crippen LogP contribution in [0.2, 0.25) is 0 Å². The van der Waals surface area contributed by atoms with E-state index in [9.17, 15) is 4.57 Å². The monoisotopic (exact) mass is 220 g/mol. The fraction of sp³-hybridized carbons (Fsp3) is 1.00. The molecule has 0 aliphatic rings. The van der Waals surface area contributed by atoms with E-state index in [2.05, 4.69) is 0 Å². The normalized spacial score (nSPS) is 17.9. The molecule has 0 heterocycles. The second-order valence-corrected chi connectivity index (χ2v) is 9.09. The summed E-state index contributed by atoms with van der Waals surface area (Å²) in [6, 6.07) is 0. The zero-order chi connectivity index (χ0) is 11.6. The van der Waals surface area contributed by atoms with E-state index in [-0.39, 0.29) is 10.8 Å². The Morgan fingerprint density at radius 3 is 1.71 bits per heavy atom. The zero-order valence-electron chi connectivity index (χ0n) is 10.7. The Labute approximate surface area is 88.9 Å².